The molecule has 0 amide bonds. The number of hydrogen-bond acceptors (Lipinski definition) is 5. The number of carboxylic acids is 1. The van der Waals surface area contributed by atoms with Crippen LogP contribution in [0.15, 0.2) is 5.03 Å². The molecule has 0 aliphatic carbocycles. The molecule has 0 aromatic carbocycles. The van der Waals surface area contributed by atoms with Gasteiger partial charge >= 0.3 is 5.97 Å². The van der Waals surface area contributed by atoms with Gasteiger partial charge in [0.15, 0.2) is 0 Å². The second-order valence-electron chi connectivity index (χ2n) is 4.37. The van der Waals surface area contributed by atoms with E-state index in [1.165, 1.54) is 11.2 Å². The summed E-state index contributed by atoms with van der Waals surface area (Å²) < 4.78 is 31.3. The zero-order chi connectivity index (χ0) is 14.2. The molecule has 1 aliphatic heterocycles. The van der Waals surface area contributed by atoms with E-state index in [9.17, 15) is 13.2 Å². The van der Waals surface area contributed by atoms with E-state index in [4.69, 9.17) is 9.84 Å². The standard InChI is InChI=1S/C10H15N3O5S/c1-6-5-18-4-3-13(6)19(16,17)9-8(10(14)15)7(2)11-12-9/h6H,3-5H2,1-2H3,(H,11,12)(H,14,15)/t6-/m1/s1. The Hall–Kier alpha value is -1.45. The maximum Gasteiger partial charge on any atom is 0.340 e. The summed E-state index contributed by atoms with van der Waals surface area (Å²) in [5, 5.41) is 14.7. The third-order valence-electron chi connectivity index (χ3n) is 2.99. The molecule has 2 N–H and O–H groups in total. The minimum absolute atomic E-state index is 0.189. The zero-order valence-electron chi connectivity index (χ0n) is 10.6. The van der Waals surface area contributed by atoms with E-state index < -0.39 is 21.0 Å². The molecule has 19 heavy (non-hydrogen) atoms. The Balaban J connectivity index is 2.48. The van der Waals surface area contributed by atoms with Crippen molar-refractivity contribution < 1.29 is 23.1 Å². The molecule has 0 saturated carbocycles. The Labute approximate surface area is 110 Å². The number of rotatable bonds is 3. The molecular weight excluding hydrogens is 274 g/mol. The third-order valence-corrected chi connectivity index (χ3v) is 4.93. The van der Waals surface area contributed by atoms with Crippen molar-refractivity contribution in [2.45, 2.75) is 24.9 Å². The van der Waals surface area contributed by atoms with E-state index in [0.717, 1.165) is 0 Å². The summed E-state index contributed by atoms with van der Waals surface area (Å²) >= 11 is 0. The summed E-state index contributed by atoms with van der Waals surface area (Å²) in [6.45, 7) is 3.93. The number of aromatic carboxylic acids is 1. The molecule has 106 valence electrons. The van der Waals surface area contributed by atoms with Crippen LogP contribution in [0.3, 0.4) is 0 Å². The molecule has 0 radical (unpaired) electrons. The molecule has 9 heteroatoms. The second kappa shape index (κ2) is 4.91. The van der Waals surface area contributed by atoms with Crippen molar-refractivity contribution in [3.63, 3.8) is 0 Å². The lowest BCUT2D eigenvalue weighted by molar-refractivity contribution is 0.0391. The maximum atomic E-state index is 12.5. The molecular formula is C10H15N3O5S. The van der Waals surface area contributed by atoms with Crippen LogP contribution in [-0.4, -0.2) is 59.8 Å². The number of carboxylic acid groups (broad SMARTS) is 1. The van der Waals surface area contributed by atoms with Gasteiger partial charge in [0.1, 0.15) is 5.56 Å². The fourth-order valence-electron chi connectivity index (χ4n) is 2.03. The van der Waals surface area contributed by atoms with E-state index in [-0.39, 0.29) is 37.1 Å². The highest BCUT2D eigenvalue weighted by Crippen LogP contribution is 2.23. The summed E-state index contributed by atoms with van der Waals surface area (Å²) in [5.74, 6) is -1.31. The van der Waals surface area contributed by atoms with Gasteiger partial charge in [0.05, 0.1) is 13.2 Å². The van der Waals surface area contributed by atoms with Crippen LogP contribution in [0.25, 0.3) is 0 Å². The van der Waals surface area contributed by atoms with Gasteiger partial charge in [-0.3, -0.25) is 5.10 Å². The lowest BCUT2D eigenvalue weighted by atomic mass is 10.3. The number of hydrogen-bond donors (Lipinski definition) is 2. The van der Waals surface area contributed by atoms with Crippen LogP contribution >= 0.6 is 0 Å². The van der Waals surface area contributed by atoms with Crippen molar-refractivity contribution in [3.05, 3.63) is 11.3 Å². The van der Waals surface area contributed by atoms with E-state index in [1.807, 2.05) is 0 Å². The van der Waals surface area contributed by atoms with E-state index >= 15 is 0 Å². The molecule has 2 rings (SSSR count). The molecule has 1 saturated heterocycles. The predicted molar refractivity (Wildman–Crippen MR) is 64.5 cm³/mol. The zero-order valence-corrected chi connectivity index (χ0v) is 11.4. The van der Waals surface area contributed by atoms with Crippen LogP contribution in [0.5, 0.6) is 0 Å². The number of aromatic nitrogens is 2. The smallest absolute Gasteiger partial charge is 0.340 e. The number of ether oxygens (including phenoxy) is 1. The normalized spacial score (nSPS) is 21.5. The van der Waals surface area contributed by atoms with Crippen molar-refractivity contribution in [1.82, 2.24) is 14.5 Å². The van der Waals surface area contributed by atoms with E-state index in [0.29, 0.717) is 0 Å². The van der Waals surface area contributed by atoms with Crippen LogP contribution < -0.4 is 0 Å². The summed E-state index contributed by atoms with van der Waals surface area (Å²) in [7, 11) is -3.94. The first-order valence-corrected chi connectivity index (χ1v) is 7.17. The highest BCUT2D eigenvalue weighted by atomic mass is 32.2. The largest absolute Gasteiger partial charge is 0.478 e. The first kappa shape index (κ1) is 14.0. The number of morpholine rings is 1. The van der Waals surface area contributed by atoms with Gasteiger partial charge in [-0.2, -0.15) is 9.40 Å². The molecule has 1 aliphatic rings. The molecule has 1 fully saturated rings. The van der Waals surface area contributed by atoms with Gasteiger partial charge in [0, 0.05) is 18.3 Å². The van der Waals surface area contributed by atoms with Crippen LogP contribution in [0.4, 0.5) is 0 Å². The SMILES string of the molecule is Cc1[nH]nc(S(=O)(=O)N2CCOC[C@H]2C)c1C(=O)O. The molecule has 8 nitrogen and oxygen atoms in total. The average Bonchev–Trinajstić information content (AvgIpc) is 2.72. The molecule has 0 spiro atoms. The van der Waals surface area contributed by atoms with Crippen LogP contribution in [-0.2, 0) is 14.8 Å². The molecule has 1 atom stereocenters. The second-order valence-corrected chi connectivity index (χ2v) is 6.18. The fourth-order valence-corrected chi connectivity index (χ4v) is 3.76. The van der Waals surface area contributed by atoms with Gasteiger partial charge in [-0.25, -0.2) is 13.2 Å². The summed E-state index contributed by atoms with van der Waals surface area (Å²) in [5.41, 5.74) is -0.0920. The lowest BCUT2D eigenvalue weighted by Crippen LogP contribution is -2.47. The first-order valence-electron chi connectivity index (χ1n) is 5.73. The van der Waals surface area contributed by atoms with Crippen molar-refractivity contribution in [3.8, 4) is 0 Å². The number of carbonyl (C=O) groups is 1. The minimum atomic E-state index is -3.94. The van der Waals surface area contributed by atoms with Crippen LogP contribution in [0.1, 0.15) is 23.0 Å². The number of aryl methyl sites for hydroxylation is 1. The Morgan fingerprint density at radius 1 is 1.58 bits per heavy atom. The number of aromatic amines is 1. The van der Waals surface area contributed by atoms with Gasteiger partial charge in [0.25, 0.3) is 10.0 Å². The fraction of sp³-hybridized carbons (Fsp3) is 0.600. The first-order chi connectivity index (χ1) is 8.85. The van der Waals surface area contributed by atoms with Gasteiger partial charge in [-0.05, 0) is 13.8 Å². The Morgan fingerprint density at radius 3 is 2.84 bits per heavy atom. The molecule has 2 heterocycles. The molecule has 0 unspecified atom stereocenters. The maximum absolute atomic E-state index is 12.5. The van der Waals surface area contributed by atoms with Gasteiger partial charge in [-0.15, -0.1) is 0 Å². The van der Waals surface area contributed by atoms with E-state index in [1.54, 1.807) is 6.92 Å². The number of H-pyrrole nitrogens is 1. The highest BCUT2D eigenvalue weighted by molar-refractivity contribution is 7.89. The summed E-state index contributed by atoms with van der Waals surface area (Å²) in [6.07, 6.45) is 0. The Morgan fingerprint density at radius 2 is 2.26 bits per heavy atom. The predicted octanol–water partition coefficient (Wildman–Crippen LogP) is -0.174. The molecule has 1 aromatic rings. The average molecular weight is 289 g/mol. The van der Waals surface area contributed by atoms with Gasteiger partial charge < -0.3 is 9.84 Å². The van der Waals surface area contributed by atoms with Crippen LogP contribution in [0.2, 0.25) is 0 Å². The van der Waals surface area contributed by atoms with Crippen LogP contribution in [0, 0.1) is 6.92 Å². The highest BCUT2D eigenvalue weighted by Gasteiger charge is 2.37. The van der Waals surface area contributed by atoms with Gasteiger partial charge in [0.2, 0.25) is 5.03 Å². The summed E-state index contributed by atoms with van der Waals surface area (Å²) in [6, 6.07) is -0.350. The van der Waals surface area contributed by atoms with Crippen molar-refractivity contribution in [1.29, 1.82) is 0 Å². The van der Waals surface area contributed by atoms with Crippen molar-refractivity contribution in [2.24, 2.45) is 0 Å². The monoisotopic (exact) mass is 289 g/mol. The Bertz CT molecular complexity index is 594. The minimum Gasteiger partial charge on any atom is -0.478 e. The lowest BCUT2D eigenvalue weighted by Gasteiger charge is -2.31. The van der Waals surface area contributed by atoms with Gasteiger partial charge in [-0.1, -0.05) is 0 Å². The van der Waals surface area contributed by atoms with E-state index in [2.05, 4.69) is 10.2 Å². The topological polar surface area (TPSA) is 113 Å². The van der Waals surface area contributed by atoms with Crippen molar-refractivity contribution in [2.75, 3.05) is 19.8 Å². The Kier molecular flexibility index (Phi) is 3.61. The number of nitrogens with zero attached hydrogens (tertiary/aromatic N) is 2. The quantitative estimate of drug-likeness (QED) is 0.798. The molecule has 1 aromatic heterocycles. The molecule has 0 bridgehead atoms. The summed E-state index contributed by atoms with van der Waals surface area (Å²) in [4.78, 5) is 11.1. The number of sulfonamides is 1. The van der Waals surface area contributed by atoms with Crippen molar-refractivity contribution >= 4 is 16.0 Å². The number of nitrogens with one attached hydrogen (secondary N) is 1. The third kappa shape index (κ3) is 2.36.